The Balaban J connectivity index is 3.40. The summed E-state index contributed by atoms with van der Waals surface area (Å²) in [7, 11) is 0. The Morgan fingerprint density at radius 1 is 1.41 bits per heavy atom. The van der Waals surface area contributed by atoms with E-state index in [0.29, 0.717) is 19.1 Å². The lowest BCUT2D eigenvalue weighted by atomic mass is 10.1. The monoisotopic (exact) mass is 246 g/mol. The highest BCUT2D eigenvalue weighted by atomic mass is 16.5. The van der Waals surface area contributed by atoms with Gasteiger partial charge in [-0.2, -0.15) is 0 Å². The number of ether oxygens (including phenoxy) is 1. The Bertz CT molecular complexity index is 210. The summed E-state index contributed by atoms with van der Waals surface area (Å²) in [5.41, 5.74) is 5.08. The van der Waals surface area contributed by atoms with Crippen LogP contribution in [0.25, 0.3) is 0 Å². The normalized spacial score (nSPS) is 14.9. The summed E-state index contributed by atoms with van der Waals surface area (Å²) in [6.07, 6.45) is 1.54. The molecule has 102 valence electrons. The predicted octanol–water partition coefficient (Wildman–Crippen LogP) is 0.264. The Hall–Kier alpha value is -0.650. The minimum Gasteiger partial charge on any atom is -0.389 e. The van der Waals surface area contributed by atoms with Crippen molar-refractivity contribution in [3.63, 3.8) is 0 Å². The molecule has 5 nitrogen and oxygen atoms in total. The van der Waals surface area contributed by atoms with Gasteiger partial charge in [0.05, 0.1) is 18.8 Å². The molecule has 4 N–H and O–H groups in total. The van der Waals surface area contributed by atoms with Gasteiger partial charge in [0.1, 0.15) is 0 Å². The van der Waals surface area contributed by atoms with E-state index in [4.69, 9.17) is 10.5 Å². The van der Waals surface area contributed by atoms with Gasteiger partial charge in [-0.15, -0.1) is 0 Å². The number of hydrogen-bond acceptors (Lipinski definition) is 4. The zero-order valence-corrected chi connectivity index (χ0v) is 11.1. The van der Waals surface area contributed by atoms with Crippen LogP contribution < -0.4 is 11.1 Å². The summed E-state index contributed by atoms with van der Waals surface area (Å²) in [4.78, 5) is 10.7. The first-order valence-corrected chi connectivity index (χ1v) is 6.22. The molecule has 0 aromatic heterocycles. The molecule has 0 aliphatic rings. The first-order chi connectivity index (χ1) is 7.93. The van der Waals surface area contributed by atoms with E-state index < -0.39 is 18.1 Å². The molecule has 17 heavy (non-hydrogen) atoms. The van der Waals surface area contributed by atoms with E-state index in [1.165, 1.54) is 0 Å². The fourth-order valence-electron chi connectivity index (χ4n) is 1.29. The third-order valence-electron chi connectivity index (χ3n) is 2.47. The average Bonchev–Trinajstić information content (AvgIpc) is 2.24. The van der Waals surface area contributed by atoms with E-state index in [1.807, 2.05) is 0 Å². The zero-order valence-electron chi connectivity index (χ0n) is 11.1. The van der Waals surface area contributed by atoms with E-state index in [-0.39, 0.29) is 6.61 Å². The van der Waals surface area contributed by atoms with Gasteiger partial charge < -0.3 is 20.9 Å². The van der Waals surface area contributed by atoms with Gasteiger partial charge in [0.25, 0.3) is 0 Å². The van der Waals surface area contributed by atoms with E-state index >= 15 is 0 Å². The molecule has 0 aromatic rings. The van der Waals surface area contributed by atoms with Crippen LogP contribution in [0.3, 0.4) is 0 Å². The Labute approximate surface area is 104 Å². The first-order valence-electron chi connectivity index (χ1n) is 6.22. The number of aliphatic hydroxyl groups excluding tert-OH is 1. The SMILES string of the molecule is CC(C)CCCOCC(O)CNC(C)C(N)=O. The van der Waals surface area contributed by atoms with Crippen LogP contribution in [-0.4, -0.2) is 42.9 Å². The van der Waals surface area contributed by atoms with Crippen molar-refractivity contribution in [1.29, 1.82) is 0 Å². The van der Waals surface area contributed by atoms with Crippen molar-refractivity contribution in [1.82, 2.24) is 5.32 Å². The van der Waals surface area contributed by atoms with Crippen molar-refractivity contribution >= 4 is 5.91 Å². The van der Waals surface area contributed by atoms with Crippen molar-refractivity contribution in [3.05, 3.63) is 0 Å². The van der Waals surface area contributed by atoms with E-state index in [9.17, 15) is 9.90 Å². The zero-order chi connectivity index (χ0) is 13.3. The van der Waals surface area contributed by atoms with Gasteiger partial charge in [-0.3, -0.25) is 4.79 Å². The molecule has 0 fully saturated rings. The number of hydrogen-bond donors (Lipinski definition) is 3. The Kier molecular flexibility index (Phi) is 9.03. The number of carbonyl (C=O) groups excluding carboxylic acids is 1. The summed E-state index contributed by atoms with van der Waals surface area (Å²) in [5.74, 6) is 0.261. The van der Waals surface area contributed by atoms with E-state index in [0.717, 1.165) is 12.8 Å². The van der Waals surface area contributed by atoms with Crippen molar-refractivity contribution in [2.75, 3.05) is 19.8 Å². The number of primary amides is 1. The first kappa shape index (κ1) is 16.4. The highest BCUT2D eigenvalue weighted by Crippen LogP contribution is 2.03. The molecule has 0 rings (SSSR count). The highest BCUT2D eigenvalue weighted by Gasteiger charge is 2.10. The topological polar surface area (TPSA) is 84.6 Å². The summed E-state index contributed by atoms with van der Waals surface area (Å²) in [6, 6.07) is -0.425. The number of amides is 1. The van der Waals surface area contributed by atoms with Crippen molar-refractivity contribution < 1.29 is 14.6 Å². The number of nitrogens with one attached hydrogen (secondary N) is 1. The lowest BCUT2D eigenvalue weighted by Gasteiger charge is -2.15. The molecular weight excluding hydrogens is 220 g/mol. The number of nitrogens with two attached hydrogens (primary N) is 1. The smallest absolute Gasteiger partial charge is 0.234 e. The van der Waals surface area contributed by atoms with Gasteiger partial charge in [-0.25, -0.2) is 0 Å². The Morgan fingerprint density at radius 2 is 2.06 bits per heavy atom. The third kappa shape index (κ3) is 10.2. The molecule has 0 heterocycles. The largest absolute Gasteiger partial charge is 0.389 e. The van der Waals surface area contributed by atoms with Crippen LogP contribution in [0.15, 0.2) is 0 Å². The van der Waals surface area contributed by atoms with Gasteiger partial charge >= 0.3 is 0 Å². The van der Waals surface area contributed by atoms with Gasteiger partial charge in [0.15, 0.2) is 0 Å². The van der Waals surface area contributed by atoms with Crippen LogP contribution in [0, 0.1) is 5.92 Å². The quantitative estimate of drug-likeness (QED) is 0.483. The Morgan fingerprint density at radius 3 is 2.59 bits per heavy atom. The fraction of sp³-hybridized carbons (Fsp3) is 0.917. The minimum absolute atomic E-state index is 0.288. The summed E-state index contributed by atoms with van der Waals surface area (Å²) < 4.78 is 5.33. The standard InChI is InChI=1S/C12H26N2O3/c1-9(2)5-4-6-17-8-11(15)7-14-10(3)12(13)16/h9-11,14-15H,4-8H2,1-3H3,(H2,13,16). The van der Waals surface area contributed by atoms with Crippen LogP contribution in [-0.2, 0) is 9.53 Å². The lowest BCUT2D eigenvalue weighted by molar-refractivity contribution is -0.119. The van der Waals surface area contributed by atoms with Gasteiger partial charge in [-0.1, -0.05) is 13.8 Å². The molecule has 0 aliphatic heterocycles. The van der Waals surface area contributed by atoms with Gasteiger partial charge in [0.2, 0.25) is 5.91 Å². The molecule has 5 heteroatoms. The van der Waals surface area contributed by atoms with E-state index in [2.05, 4.69) is 19.2 Å². The maximum atomic E-state index is 10.7. The van der Waals surface area contributed by atoms with E-state index in [1.54, 1.807) is 6.92 Å². The fourth-order valence-corrected chi connectivity index (χ4v) is 1.29. The predicted molar refractivity (Wildman–Crippen MR) is 67.6 cm³/mol. The van der Waals surface area contributed by atoms with Crippen LogP contribution >= 0.6 is 0 Å². The van der Waals surface area contributed by atoms with Crippen molar-refractivity contribution in [2.45, 2.75) is 45.8 Å². The maximum Gasteiger partial charge on any atom is 0.234 e. The molecule has 0 aliphatic carbocycles. The summed E-state index contributed by atoms with van der Waals surface area (Å²) >= 11 is 0. The summed E-state index contributed by atoms with van der Waals surface area (Å²) in [5, 5.41) is 12.4. The molecule has 2 atom stereocenters. The molecule has 0 spiro atoms. The second-order valence-corrected chi connectivity index (χ2v) is 4.80. The molecule has 0 saturated heterocycles. The molecule has 0 radical (unpaired) electrons. The molecule has 0 aromatic carbocycles. The third-order valence-corrected chi connectivity index (χ3v) is 2.47. The molecular formula is C12H26N2O3. The maximum absolute atomic E-state index is 10.7. The van der Waals surface area contributed by atoms with Crippen LogP contribution in [0.1, 0.15) is 33.6 Å². The highest BCUT2D eigenvalue weighted by molar-refractivity contribution is 5.79. The average molecular weight is 246 g/mol. The number of aliphatic hydroxyl groups is 1. The van der Waals surface area contributed by atoms with Crippen LogP contribution in [0.4, 0.5) is 0 Å². The van der Waals surface area contributed by atoms with Crippen molar-refractivity contribution in [2.24, 2.45) is 11.7 Å². The second kappa shape index (κ2) is 9.39. The summed E-state index contributed by atoms with van der Waals surface area (Å²) in [6.45, 7) is 7.28. The van der Waals surface area contributed by atoms with Crippen LogP contribution in [0.5, 0.6) is 0 Å². The van der Waals surface area contributed by atoms with Gasteiger partial charge in [0, 0.05) is 13.2 Å². The molecule has 0 bridgehead atoms. The number of carbonyl (C=O) groups is 1. The molecule has 0 saturated carbocycles. The van der Waals surface area contributed by atoms with Crippen LogP contribution in [0.2, 0.25) is 0 Å². The molecule has 2 unspecified atom stereocenters. The number of rotatable bonds is 10. The van der Waals surface area contributed by atoms with Gasteiger partial charge in [-0.05, 0) is 25.7 Å². The van der Waals surface area contributed by atoms with Crippen molar-refractivity contribution in [3.8, 4) is 0 Å². The lowest BCUT2D eigenvalue weighted by Crippen LogP contribution is -2.43. The second-order valence-electron chi connectivity index (χ2n) is 4.80. The minimum atomic E-state index is -0.601. The molecule has 1 amide bonds.